The van der Waals surface area contributed by atoms with Crippen molar-refractivity contribution in [2.75, 3.05) is 6.61 Å². The lowest BCUT2D eigenvalue weighted by Gasteiger charge is -2.08. The van der Waals surface area contributed by atoms with Gasteiger partial charge in [0.15, 0.2) is 0 Å². The normalized spacial score (nSPS) is 10.7. The Morgan fingerprint density at radius 1 is 1.30 bits per heavy atom. The van der Waals surface area contributed by atoms with E-state index in [1.807, 2.05) is 0 Å². The maximum Gasteiger partial charge on any atom is 0.349 e. The first-order valence-electron chi connectivity index (χ1n) is 7.10. The first-order chi connectivity index (χ1) is 10.9. The third kappa shape index (κ3) is 4.32. The van der Waals surface area contributed by atoms with Gasteiger partial charge in [0.1, 0.15) is 16.9 Å². The Kier molecular flexibility index (Phi) is 5.00. The predicted octanol–water partition coefficient (Wildman–Crippen LogP) is 1.78. The molecule has 1 amide bonds. The fourth-order valence-corrected chi connectivity index (χ4v) is 1.94. The van der Waals surface area contributed by atoms with Crippen molar-refractivity contribution < 1.29 is 23.8 Å². The van der Waals surface area contributed by atoms with Crippen molar-refractivity contribution in [1.29, 1.82) is 0 Å². The molecular weight excluding hydrogens is 302 g/mol. The van der Waals surface area contributed by atoms with Crippen molar-refractivity contribution in [3.63, 3.8) is 0 Å². The van der Waals surface area contributed by atoms with Gasteiger partial charge in [-0.25, -0.2) is 4.79 Å². The molecule has 7 nitrogen and oxygen atoms in total. The molecule has 0 saturated heterocycles. The average Bonchev–Trinajstić information content (AvgIpc) is 2.45. The summed E-state index contributed by atoms with van der Waals surface area (Å²) in [5, 5.41) is 11.8. The van der Waals surface area contributed by atoms with Crippen LogP contribution in [0.2, 0.25) is 0 Å². The highest BCUT2D eigenvalue weighted by Gasteiger charge is 2.14. The van der Waals surface area contributed by atoms with E-state index in [0.29, 0.717) is 11.1 Å². The highest BCUT2D eigenvalue weighted by atomic mass is 16.5. The van der Waals surface area contributed by atoms with E-state index in [-0.39, 0.29) is 30.2 Å². The fourth-order valence-electron chi connectivity index (χ4n) is 1.94. The van der Waals surface area contributed by atoms with Crippen LogP contribution in [0.25, 0.3) is 11.0 Å². The number of hydrogen-bond acceptors (Lipinski definition) is 5. The molecule has 23 heavy (non-hydrogen) atoms. The number of nitrogens with one attached hydrogen (secondary N) is 1. The van der Waals surface area contributed by atoms with Gasteiger partial charge in [-0.05, 0) is 32.0 Å². The highest BCUT2D eigenvalue weighted by Crippen LogP contribution is 2.20. The zero-order chi connectivity index (χ0) is 17.0. The molecule has 0 atom stereocenters. The summed E-state index contributed by atoms with van der Waals surface area (Å²) in [5.74, 6) is -1.06. The number of rotatable bonds is 6. The number of benzene rings is 1. The molecule has 0 aliphatic rings. The summed E-state index contributed by atoms with van der Waals surface area (Å²) in [7, 11) is 0. The lowest BCUT2D eigenvalue weighted by atomic mass is 10.1. The molecule has 1 aromatic heterocycles. The van der Waals surface area contributed by atoms with Gasteiger partial charge in [-0.1, -0.05) is 0 Å². The number of carboxylic acids is 1. The van der Waals surface area contributed by atoms with Gasteiger partial charge in [-0.15, -0.1) is 0 Å². The predicted molar refractivity (Wildman–Crippen MR) is 82.8 cm³/mol. The van der Waals surface area contributed by atoms with Gasteiger partial charge >= 0.3 is 11.6 Å². The largest absolute Gasteiger partial charge is 0.493 e. The molecular formula is C16H17NO6. The standard InChI is InChI=1S/C16H17NO6/c1-9(2)17-15(20)12-7-10-3-4-11(22-6-5-14(18)19)8-13(10)23-16(12)21/h3-4,7-9H,5-6H2,1-2H3,(H,17,20)(H,18,19). The second kappa shape index (κ2) is 6.95. The molecule has 122 valence electrons. The third-order valence-electron chi connectivity index (χ3n) is 2.96. The molecule has 2 N–H and O–H groups in total. The number of carbonyl (C=O) groups excluding carboxylic acids is 1. The van der Waals surface area contributed by atoms with E-state index in [9.17, 15) is 14.4 Å². The molecule has 0 spiro atoms. The van der Waals surface area contributed by atoms with Crippen molar-refractivity contribution >= 4 is 22.8 Å². The summed E-state index contributed by atoms with van der Waals surface area (Å²) < 4.78 is 10.4. The summed E-state index contributed by atoms with van der Waals surface area (Å²) in [6.45, 7) is 3.60. The van der Waals surface area contributed by atoms with E-state index >= 15 is 0 Å². The minimum absolute atomic E-state index is 0.0138. The van der Waals surface area contributed by atoms with Crippen molar-refractivity contribution in [2.45, 2.75) is 26.3 Å². The van der Waals surface area contributed by atoms with E-state index in [2.05, 4.69) is 5.32 Å². The Morgan fingerprint density at radius 3 is 2.70 bits per heavy atom. The summed E-state index contributed by atoms with van der Waals surface area (Å²) in [5.41, 5.74) is -0.534. The molecule has 1 aromatic carbocycles. The van der Waals surface area contributed by atoms with E-state index < -0.39 is 17.5 Å². The van der Waals surface area contributed by atoms with Gasteiger partial charge < -0.3 is 19.6 Å². The van der Waals surface area contributed by atoms with Crippen molar-refractivity contribution in [2.24, 2.45) is 0 Å². The molecule has 7 heteroatoms. The van der Waals surface area contributed by atoms with Crippen LogP contribution in [0.5, 0.6) is 5.75 Å². The number of ether oxygens (including phenoxy) is 1. The van der Waals surface area contributed by atoms with Gasteiger partial charge in [0.25, 0.3) is 5.91 Å². The zero-order valence-corrected chi connectivity index (χ0v) is 12.8. The molecule has 0 radical (unpaired) electrons. The Hall–Kier alpha value is -2.83. The number of fused-ring (bicyclic) bond motifs is 1. The second-order valence-corrected chi connectivity index (χ2v) is 5.27. The van der Waals surface area contributed by atoms with Gasteiger partial charge in [0, 0.05) is 17.5 Å². The van der Waals surface area contributed by atoms with Crippen LogP contribution in [0.3, 0.4) is 0 Å². The quantitative estimate of drug-likeness (QED) is 0.786. The zero-order valence-electron chi connectivity index (χ0n) is 12.8. The van der Waals surface area contributed by atoms with Crippen LogP contribution < -0.4 is 15.7 Å². The van der Waals surface area contributed by atoms with Crippen molar-refractivity contribution in [3.05, 3.63) is 40.2 Å². The number of carboxylic acid groups (broad SMARTS) is 1. The molecule has 0 aliphatic carbocycles. The Labute approximate surface area is 131 Å². The van der Waals surface area contributed by atoms with Crippen LogP contribution in [-0.4, -0.2) is 29.6 Å². The van der Waals surface area contributed by atoms with Gasteiger partial charge in [0.2, 0.25) is 0 Å². The fraction of sp³-hybridized carbons (Fsp3) is 0.312. The van der Waals surface area contributed by atoms with Gasteiger partial charge in [-0.3, -0.25) is 9.59 Å². The van der Waals surface area contributed by atoms with Crippen molar-refractivity contribution in [3.8, 4) is 5.75 Å². The summed E-state index contributed by atoms with van der Waals surface area (Å²) in [6, 6.07) is 6.11. The number of aliphatic carboxylic acids is 1. The lowest BCUT2D eigenvalue weighted by Crippen LogP contribution is -2.33. The Morgan fingerprint density at radius 2 is 2.04 bits per heavy atom. The molecule has 2 aromatic rings. The third-order valence-corrected chi connectivity index (χ3v) is 2.96. The first kappa shape index (κ1) is 16.5. The molecule has 1 heterocycles. The Balaban J connectivity index is 2.26. The number of amides is 1. The number of carbonyl (C=O) groups is 2. The summed E-state index contributed by atoms with van der Waals surface area (Å²) >= 11 is 0. The molecule has 0 fully saturated rings. The van der Waals surface area contributed by atoms with E-state index in [1.165, 1.54) is 12.1 Å². The molecule has 0 bridgehead atoms. The second-order valence-electron chi connectivity index (χ2n) is 5.27. The summed E-state index contributed by atoms with van der Waals surface area (Å²) in [4.78, 5) is 34.3. The van der Waals surface area contributed by atoms with E-state index in [0.717, 1.165) is 0 Å². The van der Waals surface area contributed by atoms with Crippen LogP contribution in [0.4, 0.5) is 0 Å². The monoisotopic (exact) mass is 319 g/mol. The van der Waals surface area contributed by atoms with Crippen molar-refractivity contribution in [1.82, 2.24) is 5.32 Å². The van der Waals surface area contributed by atoms with E-state index in [1.54, 1.807) is 26.0 Å². The van der Waals surface area contributed by atoms with Gasteiger partial charge in [0.05, 0.1) is 13.0 Å². The number of hydrogen-bond donors (Lipinski definition) is 2. The molecule has 0 aliphatic heterocycles. The average molecular weight is 319 g/mol. The van der Waals surface area contributed by atoms with Crippen LogP contribution in [0, 0.1) is 0 Å². The smallest absolute Gasteiger partial charge is 0.349 e. The maximum atomic E-state index is 11.9. The summed E-state index contributed by atoms with van der Waals surface area (Å²) in [6.07, 6.45) is -0.129. The van der Waals surface area contributed by atoms with Crippen LogP contribution in [-0.2, 0) is 4.79 Å². The minimum Gasteiger partial charge on any atom is -0.493 e. The lowest BCUT2D eigenvalue weighted by molar-refractivity contribution is -0.137. The molecule has 0 unspecified atom stereocenters. The van der Waals surface area contributed by atoms with Crippen LogP contribution in [0.15, 0.2) is 33.5 Å². The van der Waals surface area contributed by atoms with Crippen LogP contribution >= 0.6 is 0 Å². The molecule has 0 saturated carbocycles. The molecule has 2 rings (SSSR count). The topological polar surface area (TPSA) is 106 Å². The SMILES string of the molecule is CC(C)NC(=O)c1cc2ccc(OCCC(=O)O)cc2oc1=O. The van der Waals surface area contributed by atoms with E-state index in [4.69, 9.17) is 14.3 Å². The van der Waals surface area contributed by atoms with Gasteiger partial charge in [-0.2, -0.15) is 0 Å². The maximum absolute atomic E-state index is 11.9. The van der Waals surface area contributed by atoms with Crippen LogP contribution in [0.1, 0.15) is 30.6 Å². The minimum atomic E-state index is -0.960. The Bertz CT molecular complexity index is 793. The first-order valence-corrected chi connectivity index (χ1v) is 7.10. The highest BCUT2D eigenvalue weighted by molar-refractivity contribution is 5.96.